The third kappa shape index (κ3) is 2.07. The third-order valence-corrected chi connectivity index (χ3v) is 3.90. The molecule has 0 unspecified atom stereocenters. The Bertz CT molecular complexity index is 786. The Balaban J connectivity index is 2.24. The minimum absolute atomic E-state index is 0.0208. The first kappa shape index (κ1) is 13.1. The summed E-state index contributed by atoms with van der Waals surface area (Å²) in [5.74, 6) is 0. The van der Waals surface area contributed by atoms with Crippen LogP contribution in [0.2, 0.25) is 0 Å². The number of benzene rings is 1. The van der Waals surface area contributed by atoms with Crippen molar-refractivity contribution in [2.75, 3.05) is 0 Å². The van der Waals surface area contributed by atoms with Crippen molar-refractivity contribution in [3.63, 3.8) is 0 Å². The zero-order valence-corrected chi connectivity index (χ0v) is 11.5. The Hall–Kier alpha value is -1.89. The number of hydrogen-bond acceptors (Lipinski definition) is 3. The van der Waals surface area contributed by atoms with Gasteiger partial charge in [0, 0.05) is 5.69 Å². The number of rotatable bonds is 1. The lowest BCUT2D eigenvalue weighted by Crippen LogP contribution is -2.05. The summed E-state index contributed by atoms with van der Waals surface area (Å²) in [6, 6.07) is 5.94. The lowest BCUT2D eigenvalue weighted by Gasteiger charge is -2.06. The van der Waals surface area contributed by atoms with Gasteiger partial charge in [-0.05, 0) is 32.0 Å². The van der Waals surface area contributed by atoms with Crippen LogP contribution in [-0.4, -0.2) is 14.8 Å². The van der Waals surface area contributed by atoms with Gasteiger partial charge in [0.2, 0.25) is 5.13 Å². The predicted octanol–water partition coefficient (Wildman–Crippen LogP) is 4.12. The number of nitrogens with zero attached hydrogens (tertiary/aromatic N) is 3. The highest BCUT2D eigenvalue weighted by Gasteiger charge is 2.33. The normalized spacial score (nSPS) is 12.2. The summed E-state index contributed by atoms with van der Waals surface area (Å²) in [5.41, 5.74) is 0.916. The van der Waals surface area contributed by atoms with Crippen LogP contribution in [0.4, 0.5) is 13.2 Å². The quantitative estimate of drug-likeness (QED) is 0.676. The fraction of sp³-hybridized carbons (Fsp3) is 0.231. The second kappa shape index (κ2) is 4.31. The molecule has 1 aromatic carbocycles. The smallest absolute Gasteiger partial charge is 0.218 e. The Morgan fingerprint density at radius 3 is 2.55 bits per heavy atom. The molecular weight excluding hydrogens is 287 g/mol. The molecule has 0 aliphatic heterocycles. The van der Waals surface area contributed by atoms with Crippen molar-refractivity contribution in [2.24, 2.45) is 0 Å². The standard InChI is InChI=1S/C13H10F3N3S/c1-7-6-8(2)19(18-7)12-17-11-9(13(14,15)16)4-3-5-10(11)20-12/h3-6H,1-2H3. The summed E-state index contributed by atoms with van der Waals surface area (Å²) in [6.07, 6.45) is -4.40. The predicted molar refractivity (Wildman–Crippen MR) is 71.2 cm³/mol. The maximum atomic E-state index is 13.0. The van der Waals surface area contributed by atoms with Crippen LogP contribution in [0, 0.1) is 13.8 Å². The van der Waals surface area contributed by atoms with Gasteiger partial charge in [-0.2, -0.15) is 18.3 Å². The molecule has 2 aromatic heterocycles. The second-order valence-electron chi connectivity index (χ2n) is 4.49. The number of alkyl halides is 3. The van der Waals surface area contributed by atoms with Gasteiger partial charge in [-0.15, -0.1) is 0 Å². The molecule has 0 amide bonds. The van der Waals surface area contributed by atoms with Crippen molar-refractivity contribution in [2.45, 2.75) is 20.0 Å². The summed E-state index contributed by atoms with van der Waals surface area (Å²) in [5, 5.41) is 4.70. The molecule has 0 atom stereocenters. The summed E-state index contributed by atoms with van der Waals surface area (Å²) in [4.78, 5) is 4.12. The van der Waals surface area contributed by atoms with E-state index in [9.17, 15) is 13.2 Å². The first-order chi connectivity index (χ1) is 9.36. The molecule has 0 saturated carbocycles. The third-order valence-electron chi connectivity index (χ3n) is 2.90. The monoisotopic (exact) mass is 297 g/mol. The van der Waals surface area contributed by atoms with E-state index >= 15 is 0 Å². The van der Waals surface area contributed by atoms with Crippen molar-refractivity contribution in [1.29, 1.82) is 0 Å². The average molecular weight is 297 g/mol. The van der Waals surface area contributed by atoms with Crippen molar-refractivity contribution in [3.05, 3.63) is 41.2 Å². The van der Waals surface area contributed by atoms with Crippen LogP contribution in [0.25, 0.3) is 15.3 Å². The van der Waals surface area contributed by atoms with Crippen LogP contribution < -0.4 is 0 Å². The SMILES string of the molecule is Cc1cc(C)n(-c2nc3c(C(F)(F)F)cccc3s2)n1. The molecule has 7 heteroatoms. The fourth-order valence-electron chi connectivity index (χ4n) is 2.08. The lowest BCUT2D eigenvalue weighted by atomic mass is 10.2. The van der Waals surface area contributed by atoms with Gasteiger partial charge in [-0.25, -0.2) is 9.67 Å². The molecule has 0 aliphatic rings. The number of aryl methyl sites for hydroxylation is 2. The summed E-state index contributed by atoms with van der Waals surface area (Å²) in [7, 11) is 0. The topological polar surface area (TPSA) is 30.7 Å². The van der Waals surface area contributed by atoms with E-state index < -0.39 is 11.7 Å². The first-order valence-electron chi connectivity index (χ1n) is 5.86. The van der Waals surface area contributed by atoms with Gasteiger partial charge in [-0.1, -0.05) is 17.4 Å². The molecule has 0 bridgehead atoms. The lowest BCUT2D eigenvalue weighted by molar-refractivity contribution is -0.136. The Morgan fingerprint density at radius 2 is 1.95 bits per heavy atom. The van der Waals surface area contributed by atoms with Crippen molar-refractivity contribution >= 4 is 21.6 Å². The van der Waals surface area contributed by atoms with E-state index in [1.54, 1.807) is 10.7 Å². The van der Waals surface area contributed by atoms with Gasteiger partial charge < -0.3 is 0 Å². The Morgan fingerprint density at radius 1 is 1.20 bits per heavy atom. The van der Waals surface area contributed by atoms with E-state index in [-0.39, 0.29) is 5.52 Å². The molecule has 2 heterocycles. The van der Waals surface area contributed by atoms with E-state index in [2.05, 4.69) is 10.1 Å². The van der Waals surface area contributed by atoms with E-state index in [0.717, 1.165) is 17.5 Å². The number of hydrogen-bond donors (Lipinski definition) is 0. The van der Waals surface area contributed by atoms with Crippen LogP contribution >= 0.6 is 11.3 Å². The number of para-hydroxylation sites is 1. The summed E-state index contributed by atoms with van der Waals surface area (Å²) < 4.78 is 40.9. The van der Waals surface area contributed by atoms with Crippen molar-refractivity contribution < 1.29 is 13.2 Å². The second-order valence-corrected chi connectivity index (χ2v) is 5.49. The number of fused-ring (bicyclic) bond motifs is 1. The molecule has 0 aliphatic carbocycles. The van der Waals surface area contributed by atoms with Crippen LogP contribution in [-0.2, 0) is 6.18 Å². The Labute approximate surface area is 116 Å². The molecule has 0 fully saturated rings. The molecule has 3 aromatic rings. The number of aromatic nitrogens is 3. The highest BCUT2D eigenvalue weighted by Crippen LogP contribution is 2.37. The minimum atomic E-state index is -4.40. The number of thiazole rings is 1. The highest BCUT2D eigenvalue weighted by atomic mass is 32.1. The van der Waals surface area contributed by atoms with Crippen LogP contribution in [0.15, 0.2) is 24.3 Å². The number of halogens is 3. The van der Waals surface area contributed by atoms with Crippen LogP contribution in [0.5, 0.6) is 0 Å². The fourth-order valence-corrected chi connectivity index (χ4v) is 3.08. The van der Waals surface area contributed by atoms with E-state index in [0.29, 0.717) is 9.83 Å². The zero-order chi connectivity index (χ0) is 14.5. The molecule has 0 radical (unpaired) electrons. The first-order valence-corrected chi connectivity index (χ1v) is 6.68. The molecule has 20 heavy (non-hydrogen) atoms. The van der Waals surface area contributed by atoms with Gasteiger partial charge in [0.05, 0.1) is 21.5 Å². The molecule has 0 spiro atoms. The molecule has 104 valence electrons. The largest absolute Gasteiger partial charge is 0.418 e. The highest BCUT2D eigenvalue weighted by molar-refractivity contribution is 7.20. The molecule has 3 nitrogen and oxygen atoms in total. The molecular formula is C13H10F3N3S. The maximum Gasteiger partial charge on any atom is 0.418 e. The van der Waals surface area contributed by atoms with Crippen molar-refractivity contribution in [1.82, 2.24) is 14.8 Å². The molecule has 0 saturated heterocycles. The average Bonchev–Trinajstić information content (AvgIpc) is 2.89. The van der Waals surface area contributed by atoms with Crippen LogP contribution in [0.3, 0.4) is 0 Å². The van der Waals surface area contributed by atoms with E-state index in [4.69, 9.17) is 0 Å². The van der Waals surface area contributed by atoms with Gasteiger partial charge >= 0.3 is 6.18 Å². The summed E-state index contributed by atoms with van der Waals surface area (Å²) >= 11 is 1.20. The zero-order valence-electron chi connectivity index (χ0n) is 10.7. The van der Waals surface area contributed by atoms with Gasteiger partial charge in [0.15, 0.2) is 0 Å². The summed E-state index contributed by atoms with van der Waals surface area (Å²) in [6.45, 7) is 3.68. The molecule has 0 N–H and O–H groups in total. The van der Waals surface area contributed by atoms with E-state index in [1.807, 2.05) is 19.9 Å². The minimum Gasteiger partial charge on any atom is -0.218 e. The van der Waals surface area contributed by atoms with Gasteiger partial charge in [-0.3, -0.25) is 0 Å². The van der Waals surface area contributed by atoms with Crippen LogP contribution in [0.1, 0.15) is 17.0 Å². The van der Waals surface area contributed by atoms with Gasteiger partial charge in [0.1, 0.15) is 0 Å². The Kier molecular flexibility index (Phi) is 2.82. The molecule has 3 rings (SSSR count). The van der Waals surface area contributed by atoms with Crippen molar-refractivity contribution in [3.8, 4) is 5.13 Å². The van der Waals surface area contributed by atoms with Gasteiger partial charge in [0.25, 0.3) is 0 Å². The van der Waals surface area contributed by atoms with E-state index in [1.165, 1.54) is 17.4 Å². The maximum absolute atomic E-state index is 13.0.